The zero-order valence-electron chi connectivity index (χ0n) is 37.8. The number of hydrogen-bond donors (Lipinski definition) is 4. The molecule has 332 valence electrons. The molecule has 3 atom stereocenters. The highest BCUT2D eigenvalue weighted by Crippen LogP contribution is 2.17. The molecule has 0 heterocycles. The van der Waals surface area contributed by atoms with E-state index in [1.807, 2.05) is 6.08 Å². The lowest BCUT2D eigenvalue weighted by molar-refractivity contribution is -0.131. The van der Waals surface area contributed by atoms with E-state index in [1.54, 1.807) is 6.08 Å². The summed E-state index contributed by atoms with van der Waals surface area (Å²) in [7, 11) is 0. The molecule has 0 bridgehead atoms. The minimum absolute atomic E-state index is 0.373. The average Bonchev–Trinajstić information content (AvgIpc) is 3.20. The highest BCUT2D eigenvalue weighted by Gasteiger charge is 2.22. The summed E-state index contributed by atoms with van der Waals surface area (Å²) in [6.07, 6.45) is 58.2. The second-order valence-electron chi connectivity index (χ2n) is 17.4. The third-order valence-electron chi connectivity index (χ3n) is 11.8. The van der Waals surface area contributed by atoms with Gasteiger partial charge in [-0.2, -0.15) is 0 Å². The van der Waals surface area contributed by atoms with E-state index in [9.17, 15) is 20.1 Å². The fourth-order valence-corrected chi connectivity index (χ4v) is 7.85. The van der Waals surface area contributed by atoms with Crippen LogP contribution in [-0.2, 0) is 4.79 Å². The second-order valence-corrected chi connectivity index (χ2v) is 17.4. The van der Waals surface area contributed by atoms with Gasteiger partial charge in [-0.25, -0.2) is 0 Å². The number of aliphatic hydroxyl groups excluding tert-OH is 3. The number of allylic oxidation sites excluding steroid dienone is 3. The molecule has 0 aromatic rings. The van der Waals surface area contributed by atoms with Gasteiger partial charge in [0.2, 0.25) is 5.91 Å². The van der Waals surface area contributed by atoms with Crippen LogP contribution in [0.5, 0.6) is 0 Å². The molecule has 56 heavy (non-hydrogen) atoms. The van der Waals surface area contributed by atoms with Gasteiger partial charge in [0.1, 0.15) is 6.10 Å². The van der Waals surface area contributed by atoms with Crippen LogP contribution in [0.3, 0.4) is 0 Å². The maximum atomic E-state index is 12.5. The van der Waals surface area contributed by atoms with Crippen molar-refractivity contribution in [3.63, 3.8) is 0 Å². The van der Waals surface area contributed by atoms with Gasteiger partial charge < -0.3 is 20.6 Å². The summed E-state index contributed by atoms with van der Waals surface area (Å²) in [5, 5.41) is 33.1. The van der Waals surface area contributed by atoms with Gasteiger partial charge in [-0.15, -0.1) is 0 Å². The molecule has 0 aliphatic rings. The molecule has 0 rings (SSSR count). The molecule has 0 fully saturated rings. The first-order valence-electron chi connectivity index (χ1n) is 25.2. The lowest BCUT2D eigenvalue weighted by atomic mass is 10.0. The van der Waals surface area contributed by atoms with E-state index in [1.165, 1.54) is 212 Å². The third kappa shape index (κ3) is 41.0. The molecule has 0 saturated heterocycles. The SMILES string of the molecule is CCCCCCCC/C=C/CC/C=C/C(O)C(CO)NC(=O)C(O)CCCCCCCCCCCCCCCCCCCCCCCCCCCCCCCC. The Balaban J connectivity index is 3.50. The summed E-state index contributed by atoms with van der Waals surface area (Å²) >= 11 is 0. The van der Waals surface area contributed by atoms with Crippen molar-refractivity contribution in [2.75, 3.05) is 6.61 Å². The third-order valence-corrected chi connectivity index (χ3v) is 11.8. The number of carbonyl (C=O) groups is 1. The summed E-state index contributed by atoms with van der Waals surface area (Å²) in [5.74, 6) is -0.510. The Morgan fingerprint density at radius 1 is 0.429 bits per heavy atom. The van der Waals surface area contributed by atoms with Crippen LogP contribution in [0.25, 0.3) is 0 Å². The van der Waals surface area contributed by atoms with Crippen molar-refractivity contribution < 1.29 is 20.1 Å². The predicted octanol–water partition coefficient (Wildman–Crippen LogP) is 14.9. The van der Waals surface area contributed by atoms with Gasteiger partial charge in [0, 0.05) is 0 Å². The quantitative estimate of drug-likeness (QED) is 0.0365. The summed E-state index contributed by atoms with van der Waals surface area (Å²) in [5.41, 5.74) is 0. The minimum atomic E-state index is -1.10. The molecule has 0 aromatic heterocycles. The number of carbonyl (C=O) groups excluding carboxylic acids is 1. The zero-order chi connectivity index (χ0) is 40.8. The van der Waals surface area contributed by atoms with Crippen LogP contribution in [0.15, 0.2) is 24.3 Å². The summed E-state index contributed by atoms with van der Waals surface area (Å²) < 4.78 is 0. The van der Waals surface area contributed by atoms with Crippen molar-refractivity contribution >= 4 is 5.91 Å². The molecule has 0 aromatic carbocycles. The van der Waals surface area contributed by atoms with Crippen LogP contribution in [0, 0.1) is 0 Å². The minimum Gasteiger partial charge on any atom is -0.394 e. The highest BCUT2D eigenvalue weighted by atomic mass is 16.3. The van der Waals surface area contributed by atoms with Gasteiger partial charge in [0.25, 0.3) is 0 Å². The summed E-state index contributed by atoms with van der Waals surface area (Å²) in [4.78, 5) is 12.5. The van der Waals surface area contributed by atoms with E-state index < -0.39 is 24.2 Å². The fourth-order valence-electron chi connectivity index (χ4n) is 7.85. The fraction of sp³-hybridized carbons (Fsp3) is 0.902. The van der Waals surface area contributed by atoms with Crippen LogP contribution in [0.4, 0.5) is 0 Å². The van der Waals surface area contributed by atoms with Crippen LogP contribution in [-0.4, -0.2) is 46.1 Å². The Hall–Kier alpha value is -1.17. The van der Waals surface area contributed by atoms with Crippen molar-refractivity contribution in [3.8, 4) is 0 Å². The highest BCUT2D eigenvalue weighted by molar-refractivity contribution is 5.80. The molecule has 5 heteroatoms. The Bertz CT molecular complexity index is 829. The summed E-state index contributed by atoms with van der Waals surface area (Å²) in [6.45, 7) is 4.17. The van der Waals surface area contributed by atoms with E-state index in [4.69, 9.17) is 0 Å². The van der Waals surface area contributed by atoms with Crippen LogP contribution < -0.4 is 5.32 Å². The van der Waals surface area contributed by atoms with Crippen molar-refractivity contribution in [2.24, 2.45) is 0 Å². The van der Waals surface area contributed by atoms with Gasteiger partial charge in [0.05, 0.1) is 18.8 Å². The van der Waals surface area contributed by atoms with Crippen molar-refractivity contribution in [3.05, 3.63) is 24.3 Å². The largest absolute Gasteiger partial charge is 0.394 e. The number of unbranched alkanes of at least 4 members (excludes halogenated alkanes) is 36. The molecular formula is C51H99NO4. The maximum absolute atomic E-state index is 12.5. The molecule has 0 saturated carbocycles. The lowest BCUT2D eigenvalue weighted by Gasteiger charge is -2.21. The molecule has 4 N–H and O–H groups in total. The van der Waals surface area contributed by atoms with Crippen LogP contribution in [0.2, 0.25) is 0 Å². The molecule has 0 spiro atoms. The smallest absolute Gasteiger partial charge is 0.249 e. The average molecular weight is 790 g/mol. The van der Waals surface area contributed by atoms with Gasteiger partial charge in [0.15, 0.2) is 0 Å². The predicted molar refractivity (Wildman–Crippen MR) is 245 cm³/mol. The van der Waals surface area contributed by atoms with E-state index >= 15 is 0 Å². The Labute approximate surface area is 350 Å². The Kier molecular flexibility index (Phi) is 45.5. The van der Waals surface area contributed by atoms with E-state index in [0.29, 0.717) is 6.42 Å². The molecule has 5 nitrogen and oxygen atoms in total. The molecule has 0 radical (unpaired) electrons. The molecule has 0 aliphatic carbocycles. The van der Waals surface area contributed by atoms with Gasteiger partial charge in [-0.1, -0.05) is 263 Å². The monoisotopic (exact) mass is 790 g/mol. The first-order chi connectivity index (χ1) is 27.6. The standard InChI is InChI=1S/C51H99NO4/c1-3-5-7-9-11-13-15-17-18-19-20-21-22-23-24-25-26-27-28-29-30-31-32-33-34-36-38-40-42-44-46-50(55)51(56)52-48(47-53)49(54)45-43-41-39-37-35-16-14-12-10-8-6-4-2/h35,37,43,45,48-50,53-55H,3-34,36,38-42,44,46-47H2,1-2H3,(H,52,56)/b37-35+,45-43+. The molecule has 1 amide bonds. The van der Waals surface area contributed by atoms with E-state index in [0.717, 1.165) is 38.5 Å². The number of aliphatic hydroxyl groups is 3. The first kappa shape index (κ1) is 54.8. The Morgan fingerprint density at radius 3 is 1.09 bits per heavy atom. The number of nitrogens with one attached hydrogen (secondary N) is 1. The Morgan fingerprint density at radius 2 is 0.732 bits per heavy atom. The van der Waals surface area contributed by atoms with Gasteiger partial charge >= 0.3 is 0 Å². The zero-order valence-corrected chi connectivity index (χ0v) is 37.8. The van der Waals surface area contributed by atoms with E-state index in [2.05, 4.69) is 31.3 Å². The summed E-state index contributed by atoms with van der Waals surface area (Å²) in [6, 6.07) is -0.810. The first-order valence-corrected chi connectivity index (χ1v) is 25.2. The van der Waals surface area contributed by atoms with Gasteiger partial charge in [-0.3, -0.25) is 4.79 Å². The second kappa shape index (κ2) is 46.5. The van der Waals surface area contributed by atoms with Crippen molar-refractivity contribution in [2.45, 2.75) is 289 Å². The van der Waals surface area contributed by atoms with Crippen molar-refractivity contribution in [1.82, 2.24) is 5.32 Å². The number of hydrogen-bond acceptors (Lipinski definition) is 4. The lowest BCUT2D eigenvalue weighted by Crippen LogP contribution is -2.48. The number of rotatable bonds is 46. The molecule has 3 unspecified atom stereocenters. The van der Waals surface area contributed by atoms with E-state index in [-0.39, 0.29) is 6.61 Å². The number of amides is 1. The topological polar surface area (TPSA) is 89.8 Å². The molecular weight excluding hydrogens is 691 g/mol. The van der Waals surface area contributed by atoms with Gasteiger partial charge in [-0.05, 0) is 32.1 Å². The maximum Gasteiger partial charge on any atom is 0.249 e. The molecule has 0 aliphatic heterocycles. The van der Waals surface area contributed by atoms with Crippen molar-refractivity contribution in [1.29, 1.82) is 0 Å². The normalized spacial score (nSPS) is 13.6. The van der Waals surface area contributed by atoms with Crippen LogP contribution in [0.1, 0.15) is 271 Å². The van der Waals surface area contributed by atoms with Crippen LogP contribution >= 0.6 is 0 Å².